The van der Waals surface area contributed by atoms with E-state index in [0.29, 0.717) is 16.6 Å². The van der Waals surface area contributed by atoms with Gasteiger partial charge in [0.1, 0.15) is 5.82 Å². The maximum atomic E-state index is 13.5. The molecule has 0 saturated carbocycles. The topological polar surface area (TPSA) is 29.1 Å². The fraction of sp³-hybridized carbons (Fsp3) is 0.188. The molecule has 1 atom stereocenters. The van der Waals surface area contributed by atoms with Crippen LogP contribution in [0.2, 0.25) is 0 Å². The number of nitrogens with one attached hydrogen (secondary N) is 1. The average Bonchev–Trinajstić information content (AvgIpc) is 2.45. The van der Waals surface area contributed by atoms with E-state index in [4.69, 9.17) is 0 Å². The Hall–Kier alpha value is -1.20. The summed E-state index contributed by atoms with van der Waals surface area (Å²) in [5, 5.41) is 2.84. The van der Waals surface area contributed by atoms with Crippen LogP contribution in [0.3, 0.4) is 0 Å². The van der Waals surface area contributed by atoms with E-state index in [2.05, 4.69) is 37.2 Å². The van der Waals surface area contributed by atoms with Gasteiger partial charge in [-0.05, 0) is 47.4 Å². The van der Waals surface area contributed by atoms with E-state index < -0.39 is 0 Å². The molecule has 108 valence electrons. The van der Waals surface area contributed by atoms with Crippen LogP contribution < -0.4 is 5.32 Å². The normalized spacial score (nSPS) is 15.3. The summed E-state index contributed by atoms with van der Waals surface area (Å²) in [5.41, 5.74) is 3.50. The van der Waals surface area contributed by atoms with Gasteiger partial charge >= 0.3 is 0 Å². The summed E-state index contributed by atoms with van der Waals surface area (Å²) in [7, 11) is 0. The van der Waals surface area contributed by atoms with Crippen LogP contribution >= 0.6 is 31.9 Å². The lowest BCUT2D eigenvalue weighted by atomic mass is 9.95. The molecule has 0 fully saturated rings. The first kappa shape index (κ1) is 14.7. The van der Waals surface area contributed by atoms with Crippen molar-refractivity contribution in [2.45, 2.75) is 11.2 Å². The van der Waals surface area contributed by atoms with Crippen LogP contribution in [0.25, 0.3) is 0 Å². The van der Waals surface area contributed by atoms with Crippen molar-refractivity contribution in [1.29, 1.82) is 0 Å². The predicted molar refractivity (Wildman–Crippen MR) is 87.3 cm³/mol. The molecular formula is C16H12Br2FNO. The number of carbonyl (C=O) groups excluding carboxylic acids is 1. The monoisotopic (exact) mass is 411 g/mol. The fourth-order valence-electron chi connectivity index (χ4n) is 2.50. The number of amides is 1. The molecular weight excluding hydrogens is 401 g/mol. The van der Waals surface area contributed by atoms with E-state index in [0.717, 1.165) is 23.1 Å². The van der Waals surface area contributed by atoms with Crippen LogP contribution in [0.4, 0.5) is 4.39 Å². The third kappa shape index (κ3) is 3.04. The Bertz CT molecular complexity index is 697. The molecule has 2 aromatic carbocycles. The van der Waals surface area contributed by atoms with Crippen molar-refractivity contribution in [3.05, 3.63) is 68.9 Å². The molecule has 2 aromatic rings. The Balaban J connectivity index is 2.00. The van der Waals surface area contributed by atoms with E-state index in [1.54, 1.807) is 0 Å². The second-order valence-electron chi connectivity index (χ2n) is 4.99. The standard InChI is InChI=1S/C16H12Br2FNO/c17-12-5-11(6-13(19)8-12)15(18)10-2-1-9-3-4-20-16(21)14(9)7-10/h1-2,5-8,15H,3-4H2,(H,20,21). The van der Waals surface area contributed by atoms with Gasteiger partial charge in [-0.25, -0.2) is 4.39 Å². The lowest BCUT2D eigenvalue weighted by molar-refractivity contribution is 0.0946. The summed E-state index contributed by atoms with van der Waals surface area (Å²) in [5.74, 6) is -0.335. The largest absolute Gasteiger partial charge is 0.352 e. The highest BCUT2D eigenvalue weighted by molar-refractivity contribution is 9.10. The minimum Gasteiger partial charge on any atom is -0.352 e. The van der Waals surface area contributed by atoms with E-state index in [1.165, 1.54) is 12.1 Å². The van der Waals surface area contributed by atoms with Crippen LogP contribution in [-0.2, 0) is 6.42 Å². The zero-order valence-electron chi connectivity index (χ0n) is 11.0. The van der Waals surface area contributed by atoms with Gasteiger partial charge in [-0.15, -0.1) is 0 Å². The summed E-state index contributed by atoms with van der Waals surface area (Å²) in [4.78, 5) is 11.7. The SMILES string of the molecule is O=C1NCCc2ccc(C(Br)c3cc(F)cc(Br)c3)cc21. The summed E-state index contributed by atoms with van der Waals surface area (Å²) in [6, 6.07) is 10.6. The molecule has 0 aliphatic carbocycles. The van der Waals surface area contributed by atoms with Crippen LogP contribution in [-0.4, -0.2) is 12.5 Å². The summed E-state index contributed by atoms with van der Waals surface area (Å²) in [6.45, 7) is 0.680. The molecule has 0 spiro atoms. The molecule has 0 aromatic heterocycles. The van der Waals surface area contributed by atoms with Crippen LogP contribution in [0, 0.1) is 5.82 Å². The Morgan fingerprint density at radius 3 is 2.71 bits per heavy atom. The summed E-state index contributed by atoms with van der Waals surface area (Å²) in [6.07, 6.45) is 0.847. The number of halogens is 3. The van der Waals surface area contributed by atoms with E-state index >= 15 is 0 Å². The van der Waals surface area contributed by atoms with Crippen LogP contribution in [0.15, 0.2) is 40.9 Å². The molecule has 1 aliphatic heterocycles. The minimum absolute atomic E-state index is 0.0433. The zero-order chi connectivity index (χ0) is 15.0. The molecule has 2 nitrogen and oxygen atoms in total. The quantitative estimate of drug-likeness (QED) is 0.729. The predicted octanol–water partition coefficient (Wildman–Crippen LogP) is 4.36. The van der Waals surface area contributed by atoms with Gasteiger partial charge < -0.3 is 5.32 Å². The third-order valence-corrected chi connectivity index (χ3v) is 5.04. The van der Waals surface area contributed by atoms with E-state index in [9.17, 15) is 9.18 Å². The molecule has 1 amide bonds. The van der Waals surface area contributed by atoms with Gasteiger partial charge in [0.2, 0.25) is 0 Å². The molecule has 3 rings (SSSR count). The van der Waals surface area contributed by atoms with Gasteiger partial charge in [-0.1, -0.05) is 44.0 Å². The number of hydrogen-bond acceptors (Lipinski definition) is 1. The Morgan fingerprint density at radius 1 is 1.14 bits per heavy atom. The molecule has 0 saturated heterocycles. The zero-order valence-corrected chi connectivity index (χ0v) is 14.2. The highest BCUT2D eigenvalue weighted by atomic mass is 79.9. The molecule has 1 N–H and O–H groups in total. The van der Waals surface area contributed by atoms with Gasteiger partial charge in [-0.3, -0.25) is 4.79 Å². The van der Waals surface area contributed by atoms with Crippen molar-refractivity contribution < 1.29 is 9.18 Å². The summed E-state index contributed by atoms with van der Waals surface area (Å²) < 4.78 is 14.2. The lowest BCUT2D eigenvalue weighted by Crippen LogP contribution is -2.31. The minimum atomic E-state index is -0.292. The number of hydrogen-bond donors (Lipinski definition) is 1. The van der Waals surface area contributed by atoms with Crippen LogP contribution in [0.5, 0.6) is 0 Å². The lowest BCUT2D eigenvalue weighted by Gasteiger charge is -2.19. The van der Waals surface area contributed by atoms with Gasteiger partial charge in [0.25, 0.3) is 5.91 Å². The molecule has 21 heavy (non-hydrogen) atoms. The maximum absolute atomic E-state index is 13.5. The van der Waals surface area contributed by atoms with Crippen molar-refractivity contribution >= 4 is 37.8 Å². The molecule has 1 heterocycles. The molecule has 5 heteroatoms. The molecule has 0 radical (unpaired) electrons. The number of fused-ring (bicyclic) bond motifs is 1. The van der Waals surface area contributed by atoms with Crippen LogP contribution in [0.1, 0.15) is 31.9 Å². The first-order chi connectivity index (χ1) is 10.0. The number of rotatable bonds is 2. The molecule has 0 bridgehead atoms. The van der Waals surface area contributed by atoms with Crippen molar-refractivity contribution in [3.63, 3.8) is 0 Å². The van der Waals surface area contributed by atoms with Crippen molar-refractivity contribution in [2.75, 3.05) is 6.54 Å². The second kappa shape index (κ2) is 5.89. The number of alkyl halides is 1. The van der Waals surface area contributed by atoms with Gasteiger partial charge in [0.05, 0.1) is 4.83 Å². The highest BCUT2D eigenvalue weighted by Crippen LogP contribution is 2.34. The Labute approximate surface area is 139 Å². The van der Waals surface area contributed by atoms with Gasteiger partial charge in [0.15, 0.2) is 0 Å². The van der Waals surface area contributed by atoms with Gasteiger partial charge in [-0.2, -0.15) is 0 Å². The van der Waals surface area contributed by atoms with E-state index in [1.807, 2.05) is 24.3 Å². The van der Waals surface area contributed by atoms with Crippen molar-refractivity contribution in [3.8, 4) is 0 Å². The average molecular weight is 413 g/mol. The van der Waals surface area contributed by atoms with E-state index in [-0.39, 0.29) is 16.6 Å². The summed E-state index contributed by atoms with van der Waals surface area (Å²) >= 11 is 6.89. The van der Waals surface area contributed by atoms with Crippen molar-refractivity contribution in [2.24, 2.45) is 0 Å². The number of benzene rings is 2. The van der Waals surface area contributed by atoms with Crippen molar-refractivity contribution in [1.82, 2.24) is 5.32 Å². The molecule has 1 aliphatic rings. The van der Waals surface area contributed by atoms with Gasteiger partial charge in [0, 0.05) is 16.6 Å². The fourth-order valence-corrected chi connectivity index (χ4v) is 3.53. The third-order valence-electron chi connectivity index (χ3n) is 3.53. The Morgan fingerprint density at radius 2 is 1.95 bits per heavy atom. The smallest absolute Gasteiger partial charge is 0.251 e. The maximum Gasteiger partial charge on any atom is 0.251 e. The number of carbonyl (C=O) groups is 1. The second-order valence-corrected chi connectivity index (χ2v) is 6.82. The first-order valence-corrected chi connectivity index (χ1v) is 8.26. The Kier molecular flexibility index (Phi) is 4.13. The molecule has 1 unspecified atom stereocenters. The highest BCUT2D eigenvalue weighted by Gasteiger charge is 2.19. The first-order valence-electron chi connectivity index (χ1n) is 6.55.